The Morgan fingerprint density at radius 2 is 1.59 bits per heavy atom. The molecule has 19 atom stereocenters. The quantitative estimate of drug-likeness (QED) is 0.253. The third-order valence-corrected chi connectivity index (χ3v) is 15.9. The monoisotopic (exact) mass is 862 g/mol. The van der Waals surface area contributed by atoms with Gasteiger partial charge in [-0.3, -0.25) is 9.59 Å². The molecular weight excluding hydrogens is 783 g/mol. The highest BCUT2D eigenvalue weighted by atomic mass is 16.7. The van der Waals surface area contributed by atoms with Crippen molar-refractivity contribution < 1.29 is 52.6 Å². The van der Waals surface area contributed by atoms with Crippen molar-refractivity contribution in [3.8, 4) is 0 Å². The summed E-state index contributed by atoms with van der Waals surface area (Å²) in [6.45, 7) is 11.9. The van der Waals surface area contributed by atoms with Crippen LogP contribution < -0.4 is 5.32 Å². The smallest absolute Gasteiger partial charge is 0.306 e. The summed E-state index contributed by atoms with van der Waals surface area (Å²) in [6.07, 6.45) is 6.53. The zero-order valence-electron chi connectivity index (χ0n) is 38.6. The summed E-state index contributed by atoms with van der Waals surface area (Å²) in [5.74, 6) is -1.40. The molecule has 7 aliphatic rings. The number of rotatable bonds is 13. The number of nitrogens with one attached hydrogen (secondary N) is 1. The second-order valence-electron chi connectivity index (χ2n) is 19.6. The lowest BCUT2D eigenvalue weighted by atomic mass is 9.62. The molecule has 0 radical (unpaired) electrons. The Labute approximate surface area is 365 Å². The van der Waals surface area contributed by atoms with Crippen LogP contribution in [0.5, 0.6) is 0 Å². The molecule has 14 nitrogen and oxygen atoms in total. The number of methoxy groups -OCH3 is 3. The van der Waals surface area contributed by atoms with Crippen LogP contribution in [-0.2, 0) is 47.5 Å². The molecule has 0 bridgehead atoms. The van der Waals surface area contributed by atoms with Crippen LogP contribution in [0, 0.1) is 35.5 Å². The molecule has 3 aliphatic carbocycles. The van der Waals surface area contributed by atoms with Crippen molar-refractivity contribution in [3.63, 3.8) is 0 Å². The molecule has 4 aliphatic heterocycles. The van der Waals surface area contributed by atoms with Gasteiger partial charge in [0.2, 0.25) is 0 Å². The number of likely N-dealkylation sites (N-methyl/N-ethyl adjacent to an activating group) is 1. The molecule has 7 rings (SSSR count). The Bertz CT molecular complexity index is 1480. The average Bonchev–Trinajstić information content (AvgIpc) is 4.00. The van der Waals surface area contributed by atoms with Gasteiger partial charge in [-0.05, 0) is 134 Å². The van der Waals surface area contributed by atoms with Crippen molar-refractivity contribution in [2.45, 2.75) is 178 Å². The van der Waals surface area contributed by atoms with Gasteiger partial charge in [-0.2, -0.15) is 0 Å². The lowest BCUT2D eigenvalue weighted by molar-refractivity contribution is -0.314. The molecule has 2 saturated carbocycles. The molecular formula is C47H79N3O11. The maximum Gasteiger partial charge on any atom is 0.306 e. The molecule has 4 saturated heterocycles. The van der Waals surface area contributed by atoms with Crippen LogP contribution in [0.25, 0.3) is 0 Å². The van der Waals surface area contributed by atoms with E-state index in [4.69, 9.17) is 37.9 Å². The normalized spacial score (nSPS) is 45.1. The van der Waals surface area contributed by atoms with E-state index in [0.717, 1.165) is 45.3 Å². The fourth-order valence-corrected chi connectivity index (χ4v) is 12.7. The van der Waals surface area contributed by atoms with E-state index < -0.39 is 30.3 Å². The molecule has 2 N–H and O–H groups in total. The standard InChI is InChI=1S/C47H79N3O11/c1-10-29-14-13-15-37(61-39-17-16-36(49(5)6)27(3)57-39)26(2)42(52)35-24-32-31-22-30(60-47-46(56-9)45(55-8)44(54-7)28(4)58-47)23-34(31)43(53)41(40(32)33(35)25-38(51)59-29)48-18-21-50-19-11-12-20-50/h24,26-34,36-37,39-41,43-48,53H,10-23,25H2,1-9H3/t26-,27?,28?,29+,30+,31+,32+,33-,34-,36+,37+,39+,40-,41-,43-,44+,45?,46+,47+/m1/s1. The first kappa shape index (κ1) is 47.4. The zero-order chi connectivity index (χ0) is 43.5. The molecule has 4 heterocycles. The first-order chi connectivity index (χ1) is 29.4. The van der Waals surface area contributed by atoms with E-state index in [0.29, 0.717) is 43.8 Å². The number of carbonyl (C=O) groups is 2. The molecule has 0 aromatic rings. The molecule has 61 heavy (non-hydrogen) atoms. The molecule has 348 valence electrons. The highest BCUT2D eigenvalue weighted by Crippen LogP contribution is 2.57. The Balaban J connectivity index is 1.18. The SMILES string of the molecule is CC[C@H]1CCC[C@H](O[C@H]2CC[C@H](N(C)C)C(C)O2)[C@@H](C)C(=O)C2=C[C@H]3[C@@H]4C[C@H](O[C@@H]5OC(C)[C@H](OC)C(OC)[C@@H]5OC)C[C@H]4[C@@H](O)[C@H](NCCN4CCCC4)[C@H]3[C@@H]2CC(=O)O1. The van der Waals surface area contributed by atoms with Gasteiger partial charge in [0, 0.05) is 58.3 Å². The van der Waals surface area contributed by atoms with Gasteiger partial charge in [0.1, 0.15) is 24.4 Å². The van der Waals surface area contributed by atoms with Crippen molar-refractivity contribution in [2.75, 3.05) is 61.6 Å². The number of carbonyl (C=O) groups excluding carboxylic acids is 2. The van der Waals surface area contributed by atoms with Gasteiger partial charge >= 0.3 is 5.97 Å². The predicted molar refractivity (Wildman–Crippen MR) is 229 cm³/mol. The van der Waals surface area contributed by atoms with Crippen molar-refractivity contribution in [2.24, 2.45) is 35.5 Å². The van der Waals surface area contributed by atoms with E-state index in [1.165, 1.54) is 12.8 Å². The van der Waals surface area contributed by atoms with E-state index in [1.807, 2.05) is 13.8 Å². The van der Waals surface area contributed by atoms with Gasteiger partial charge in [0.15, 0.2) is 18.4 Å². The van der Waals surface area contributed by atoms with Crippen LogP contribution in [0.2, 0.25) is 0 Å². The highest BCUT2D eigenvalue weighted by molar-refractivity contribution is 5.99. The van der Waals surface area contributed by atoms with E-state index in [9.17, 15) is 9.90 Å². The van der Waals surface area contributed by atoms with Gasteiger partial charge in [0.25, 0.3) is 0 Å². The fourth-order valence-electron chi connectivity index (χ4n) is 12.7. The van der Waals surface area contributed by atoms with Gasteiger partial charge in [-0.15, -0.1) is 0 Å². The topological polar surface area (TPSA) is 147 Å². The van der Waals surface area contributed by atoms with E-state index >= 15 is 4.79 Å². The van der Waals surface area contributed by atoms with E-state index in [2.05, 4.69) is 49.1 Å². The van der Waals surface area contributed by atoms with Crippen molar-refractivity contribution in [1.29, 1.82) is 0 Å². The predicted octanol–water partition coefficient (Wildman–Crippen LogP) is 4.35. The van der Waals surface area contributed by atoms with Crippen LogP contribution >= 0.6 is 0 Å². The highest BCUT2D eigenvalue weighted by Gasteiger charge is 2.59. The van der Waals surface area contributed by atoms with Crippen molar-refractivity contribution in [1.82, 2.24) is 15.1 Å². The van der Waals surface area contributed by atoms with Gasteiger partial charge < -0.3 is 58.1 Å². The number of fused-ring (bicyclic) bond motifs is 5. The molecule has 0 amide bonds. The third kappa shape index (κ3) is 10.3. The summed E-state index contributed by atoms with van der Waals surface area (Å²) in [4.78, 5) is 33.9. The number of cyclic esters (lactones) is 1. The average molecular weight is 862 g/mol. The van der Waals surface area contributed by atoms with Crippen LogP contribution in [0.4, 0.5) is 0 Å². The number of Topliss-reactive ketones (excluding diaryl/α,β-unsaturated/α-hetero) is 1. The second-order valence-corrected chi connectivity index (χ2v) is 19.6. The maximum atomic E-state index is 15.2. The summed E-state index contributed by atoms with van der Waals surface area (Å²) in [5, 5.41) is 16.4. The van der Waals surface area contributed by atoms with Crippen LogP contribution in [0.1, 0.15) is 98.3 Å². The Morgan fingerprint density at radius 1 is 0.869 bits per heavy atom. The number of nitrogens with zero attached hydrogens (tertiary/aromatic N) is 2. The van der Waals surface area contributed by atoms with E-state index in [-0.39, 0.29) is 96.9 Å². The number of aliphatic hydroxyl groups excluding tert-OH is 1. The molecule has 3 unspecified atom stereocenters. The number of ketones is 1. The first-order valence-corrected chi connectivity index (χ1v) is 23.8. The molecule has 0 spiro atoms. The largest absolute Gasteiger partial charge is 0.462 e. The summed E-state index contributed by atoms with van der Waals surface area (Å²) < 4.78 is 50.3. The summed E-state index contributed by atoms with van der Waals surface area (Å²) in [6, 6.07) is -0.0194. The van der Waals surface area contributed by atoms with Crippen LogP contribution in [0.3, 0.4) is 0 Å². The number of hydrogen-bond acceptors (Lipinski definition) is 14. The summed E-state index contributed by atoms with van der Waals surface area (Å²) in [7, 11) is 9.11. The fraction of sp³-hybridized carbons (Fsp3) is 0.915. The van der Waals surface area contributed by atoms with Gasteiger partial charge in [-0.25, -0.2) is 0 Å². The number of ether oxygens (including phenoxy) is 8. The lowest BCUT2D eigenvalue weighted by Gasteiger charge is -2.47. The number of hydrogen-bond donors (Lipinski definition) is 2. The molecule has 14 heteroatoms. The Hall–Kier alpha value is -1.56. The summed E-state index contributed by atoms with van der Waals surface area (Å²) in [5.41, 5.74) is 0.688. The summed E-state index contributed by atoms with van der Waals surface area (Å²) >= 11 is 0. The Morgan fingerprint density at radius 3 is 2.26 bits per heavy atom. The molecule has 0 aromatic carbocycles. The minimum Gasteiger partial charge on any atom is -0.462 e. The van der Waals surface area contributed by atoms with Gasteiger partial charge in [-0.1, -0.05) is 19.9 Å². The minimum atomic E-state index is -0.707. The Kier molecular flexibility index (Phi) is 16.4. The van der Waals surface area contributed by atoms with Crippen molar-refractivity contribution in [3.05, 3.63) is 11.6 Å². The van der Waals surface area contributed by atoms with Crippen LogP contribution in [-0.4, -0.2) is 168 Å². The van der Waals surface area contributed by atoms with Crippen LogP contribution in [0.15, 0.2) is 11.6 Å². The number of allylic oxidation sites excluding steroid dienone is 2. The minimum absolute atomic E-state index is 0.00515. The number of esters is 1. The first-order valence-electron chi connectivity index (χ1n) is 23.8. The number of aliphatic hydroxyl groups is 1. The van der Waals surface area contributed by atoms with Crippen molar-refractivity contribution >= 4 is 11.8 Å². The molecule has 0 aromatic heterocycles. The van der Waals surface area contributed by atoms with E-state index in [1.54, 1.807) is 21.3 Å². The maximum absolute atomic E-state index is 15.2. The third-order valence-electron chi connectivity index (χ3n) is 15.9. The molecule has 6 fully saturated rings. The van der Waals surface area contributed by atoms with Gasteiger partial charge in [0.05, 0.1) is 36.9 Å². The zero-order valence-corrected chi connectivity index (χ0v) is 38.6. The lowest BCUT2D eigenvalue weighted by Crippen LogP contribution is -2.59. The number of likely N-dealkylation sites (tertiary alicyclic amines) is 1. The second kappa shape index (κ2) is 21.2.